The highest BCUT2D eigenvalue weighted by molar-refractivity contribution is 8.00. The summed E-state index contributed by atoms with van der Waals surface area (Å²) in [6, 6.07) is 0.236. The molecule has 5 rings (SSSR count). The van der Waals surface area contributed by atoms with Gasteiger partial charge in [-0.3, -0.25) is 9.59 Å². The first-order valence-electron chi connectivity index (χ1n) is 12.8. The molecule has 1 aromatic heterocycles. The number of nitrogens with one attached hydrogen (secondary N) is 2. The smallest absolute Gasteiger partial charge is 0.291 e. The van der Waals surface area contributed by atoms with Crippen molar-refractivity contribution in [2.24, 2.45) is 34.8 Å². The molecule has 8 nitrogen and oxygen atoms in total. The van der Waals surface area contributed by atoms with Crippen LogP contribution in [0, 0.1) is 29.1 Å². The zero-order valence-electron chi connectivity index (χ0n) is 21.3. The van der Waals surface area contributed by atoms with Crippen molar-refractivity contribution in [2.75, 3.05) is 19.7 Å². The van der Waals surface area contributed by atoms with Gasteiger partial charge in [-0.15, -0.1) is 24.2 Å². The first-order chi connectivity index (χ1) is 16.2. The van der Waals surface area contributed by atoms with E-state index >= 15 is 0 Å². The molecular formula is C25H41ClN4O4S. The monoisotopic (exact) mass is 528 g/mol. The lowest BCUT2D eigenvalue weighted by Gasteiger charge is -2.54. The summed E-state index contributed by atoms with van der Waals surface area (Å²) >= 11 is 1.52. The average molecular weight is 529 g/mol. The Hall–Kier alpha value is -1.45. The number of ether oxygens (including phenoxy) is 1. The van der Waals surface area contributed by atoms with Gasteiger partial charge in [-0.05, 0) is 67.4 Å². The van der Waals surface area contributed by atoms with Crippen molar-refractivity contribution >= 4 is 36.0 Å². The second kappa shape index (κ2) is 11.7. The maximum absolute atomic E-state index is 13.3. The number of hydrogen-bond donors (Lipinski definition) is 3. The predicted molar refractivity (Wildman–Crippen MR) is 139 cm³/mol. The zero-order valence-corrected chi connectivity index (χ0v) is 22.9. The molecule has 1 heterocycles. The fourth-order valence-electron chi connectivity index (χ4n) is 6.16. The number of rotatable bonds is 11. The van der Waals surface area contributed by atoms with Crippen LogP contribution in [-0.2, 0) is 4.79 Å². The summed E-state index contributed by atoms with van der Waals surface area (Å²) in [5.41, 5.74) is 4.87. The first kappa shape index (κ1) is 28.1. The number of aromatic nitrogens is 1. The van der Waals surface area contributed by atoms with Gasteiger partial charge in [-0.2, -0.15) is 0 Å². The molecule has 0 aromatic carbocycles. The lowest BCUT2D eigenvalue weighted by molar-refractivity contribution is -0.129. The predicted octanol–water partition coefficient (Wildman–Crippen LogP) is 4.02. The molecule has 4 aliphatic rings. The molecule has 0 spiro atoms. The van der Waals surface area contributed by atoms with Gasteiger partial charge in [0.05, 0.1) is 6.61 Å². The number of carbonyl (C=O) groups excluding carboxylic acids is 2. The summed E-state index contributed by atoms with van der Waals surface area (Å²) in [5, 5.41) is 10.5. The van der Waals surface area contributed by atoms with E-state index in [4.69, 9.17) is 15.0 Å². The van der Waals surface area contributed by atoms with Crippen LogP contribution in [0.25, 0.3) is 0 Å². The molecule has 4 bridgehead atoms. The van der Waals surface area contributed by atoms with Crippen LogP contribution in [0.15, 0.2) is 9.42 Å². The van der Waals surface area contributed by atoms with E-state index in [0.29, 0.717) is 42.1 Å². The van der Waals surface area contributed by atoms with Gasteiger partial charge in [0, 0.05) is 29.8 Å². The maximum Gasteiger partial charge on any atom is 0.291 e. The molecule has 0 saturated heterocycles. The number of nitrogens with zero attached hydrogens (tertiary/aromatic N) is 1. The minimum absolute atomic E-state index is 0. The van der Waals surface area contributed by atoms with Crippen LogP contribution in [0.1, 0.15) is 76.8 Å². The number of thioether (sulfide) groups is 1. The fraction of sp³-hybridized carbons (Fsp3) is 0.800. The summed E-state index contributed by atoms with van der Waals surface area (Å²) in [6.07, 6.45) is 6.85. The normalized spacial score (nSPS) is 27.0. The third kappa shape index (κ3) is 6.46. The SMILES string of the molecule is CC(C)Sc1c(OCCC(C)(C)C(=O)NCCN)noc1C(=O)NC1C2CC3CC(C2)CC1C3.Cl. The van der Waals surface area contributed by atoms with E-state index in [2.05, 4.69) is 29.6 Å². The molecule has 0 atom stereocenters. The molecule has 0 aliphatic heterocycles. The van der Waals surface area contributed by atoms with Crippen LogP contribution in [-0.4, -0.2) is 48.0 Å². The highest BCUT2D eigenvalue weighted by Gasteiger charge is 2.49. The quantitative estimate of drug-likeness (QED) is 0.371. The number of amides is 2. The second-order valence-electron chi connectivity index (χ2n) is 11.3. The molecule has 35 heavy (non-hydrogen) atoms. The third-order valence-electron chi connectivity index (χ3n) is 7.72. The first-order valence-corrected chi connectivity index (χ1v) is 13.6. The summed E-state index contributed by atoms with van der Waals surface area (Å²) in [6.45, 7) is 9.01. The van der Waals surface area contributed by atoms with Crippen molar-refractivity contribution < 1.29 is 18.8 Å². The molecule has 4 aliphatic carbocycles. The highest BCUT2D eigenvalue weighted by Crippen LogP contribution is 2.53. The number of nitrogens with two attached hydrogens (primary N) is 1. The van der Waals surface area contributed by atoms with E-state index in [0.717, 1.165) is 11.8 Å². The maximum atomic E-state index is 13.3. The van der Waals surface area contributed by atoms with E-state index in [-0.39, 0.29) is 47.9 Å². The van der Waals surface area contributed by atoms with E-state index in [1.54, 1.807) is 0 Å². The molecule has 4 N–H and O–H groups in total. The Labute approximate surface area is 219 Å². The van der Waals surface area contributed by atoms with Gasteiger partial charge in [0.2, 0.25) is 11.7 Å². The Balaban J connectivity index is 0.00000342. The summed E-state index contributed by atoms with van der Waals surface area (Å²) in [4.78, 5) is 26.3. The number of carbonyl (C=O) groups is 2. The minimum Gasteiger partial charge on any atom is -0.475 e. The van der Waals surface area contributed by atoms with Crippen molar-refractivity contribution in [3.63, 3.8) is 0 Å². The zero-order chi connectivity index (χ0) is 24.5. The Kier molecular flexibility index (Phi) is 9.43. The van der Waals surface area contributed by atoms with Gasteiger partial charge in [-0.1, -0.05) is 27.7 Å². The van der Waals surface area contributed by atoms with Crippen LogP contribution >= 0.6 is 24.2 Å². The van der Waals surface area contributed by atoms with Crippen LogP contribution in [0.5, 0.6) is 5.88 Å². The Bertz CT molecular complexity index is 863. The van der Waals surface area contributed by atoms with Gasteiger partial charge in [0.1, 0.15) is 4.90 Å². The average Bonchev–Trinajstić information content (AvgIpc) is 3.15. The van der Waals surface area contributed by atoms with Gasteiger partial charge in [0.25, 0.3) is 11.8 Å². The Morgan fingerprint density at radius 2 is 1.80 bits per heavy atom. The standard InChI is InChI=1S/C25H40N4O4S.ClH/c1-14(2)34-21-20(22(30)28-19-17-10-15-9-16(12-17)13-18(19)11-15)33-29-23(21)32-8-5-25(3,4)24(31)27-7-6-26;/h14-19H,5-13,26H2,1-4H3,(H,27,31)(H,28,30);1H. The molecular weight excluding hydrogens is 488 g/mol. The van der Waals surface area contributed by atoms with Gasteiger partial charge >= 0.3 is 0 Å². The topological polar surface area (TPSA) is 119 Å². The van der Waals surface area contributed by atoms with Gasteiger partial charge in [0.15, 0.2) is 0 Å². The summed E-state index contributed by atoms with van der Waals surface area (Å²) < 4.78 is 11.5. The van der Waals surface area contributed by atoms with Crippen molar-refractivity contribution in [2.45, 2.75) is 82.4 Å². The number of hydrogen-bond acceptors (Lipinski definition) is 7. The highest BCUT2D eigenvalue weighted by atomic mass is 35.5. The summed E-state index contributed by atoms with van der Waals surface area (Å²) in [5.74, 6) is 3.21. The van der Waals surface area contributed by atoms with Gasteiger partial charge in [-0.25, -0.2) is 0 Å². The molecule has 4 saturated carbocycles. The van der Waals surface area contributed by atoms with Crippen LogP contribution < -0.4 is 21.1 Å². The molecule has 4 fully saturated rings. The second-order valence-corrected chi connectivity index (χ2v) is 12.9. The molecule has 198 valence electrons. The van der Waals surface area contributed by atoms with Crippen molar-refractivity contribution in [1.82, 2.24) is 15.8 Å². The third-order valence-corrected chi connectivity index (χ3v) is 8.78. The van der Waals surface area contributed by atoms with E-state index < -0.39 is 5.41 Å². The fourth-order valence-corrected chi connectivity index (χ4v) is 7.07. The van der Waals surface area contributed by atoms with E-state index in [1.807, 2.05) is 13.8 Å². The van der Waals surface area contributed by atoms with Crippen molar-refractivity contribution in [3.05, 3.63) is 5.76 Å². The van der Waals surface area contributed by atoms with Crippen molar-refractivity contribution in [1.29, 1.82) is 0 Å². The summed E-state index contributed by atoms with van der Waals surface area (Å²) in [7, 11) is 0. The van der Waals surface area contributed by atoms with E-state index in [1.165, 1.54) is 43.9 Å². The van der Waals surface area contributed by atoms with Crippen molar-refractivity contribution in [3.8, 4) is 5.88 Å². The molecule has 0 radical (unpaired) electrons. The lowest BCUT2D eigenvalue weighted by Crippen LogP contribution is -2.55. The largest absolute Gasteiger partial charge is 0.475 e. The minimum atomic E-state index is -0.607. The van der Waals surface area contributed by atoms with Gasteiger partial charge < -0.3 is 25.6 Å². The molecule has 0 unspecified atom stereocenters. The lowest BCUT2D eigenvalue weighted by atomic mass is 9.54. The Morgan fingerprint density at radius 3 is 2.37 bits per heavy atom. The molecule has 2 amide bonds. The number of halogens is 1. The van der Waals surface area contributed by atoms with Crippen LogP contribution in [0.4, 0.5) is 0 Å². The molecule has 1 aromatic rings. The van der Waals surface area contributed by atoms with Crippen LogP contribution in [0.2, 0.25) is 0 Å². The van der Waals surface area contributed by atoms with Crippen LogP contribution in [0.3, 0.4) is 0 Å². The Morgan fingerprint density at radius 1 is 1.17 bits per heavy atom. The molecule has 10 heteroatoms. The van der Waals surface area contributed by atoms with E-state index in [9.17, 15) is 9.59 Å².